The van der Waals surface area contributed by atoms with Gasteiger partial charge in [0.2, 0.25) is 0 Å². The van der Waals surface area contributed by atoms with Crippen LogP contribution in [0.1, 0.15) is 38.4 Å². The van der Waals surface area contributed by atoms with E-state index in [9.17, 15) is 0 Å². The van der Waals surface area contributed by atoms with Crippen LogP contribution in [0.2, 0.25) is 0 Å². The van der Waals surface area contributed by atoms with Gasteiger partial charge in [-0.2, -0.15) is 0 Å². The van der Waals surface area contributed by atoms with Crippen molar-refractivity contribution < 1.29 is 0 Å². The number of rotatable bonds is 4. The van der Waals surface area contributed by atoms with Gasteiger partial charge in [-0.1, -0.05) is 19.8 Å². The number of hydrogen-bond donors (Lipinski definition) is 1. The minimum absolute atomic E-state index is 0.129. The molecule has 1 saturated carbocycles. The number of likely N-dealkylation sites (N-methyl/N-ethyl adjacent to an activating group) is 1. The quantitative estimate of drug-likeness (QED) is 0.902. The molecule has 0 aromatic carbocycles. The maximum atomic E-state index is 6.61. The second kappa shape index (κ2) is 5.63. The third-order valence-electron chi connectivity index (χ3n) is 4.91. The van der Waals surface area contributed by atoms with E-state index in [1.165, 1.54) is 25.7 Å². The first-order valence-corrected chi connectivity index (χ1v) is 7.35. The molecule has 1 heterocycles. The Morgan fingerprint density at radius 3 is 2.84 bits per heavy atom. The molecule has 3 atom stereocenters. The Bertz CT molecular complexity index is 412. The molecule has 3 unspecified atom stereocenters. The highest BCUT2D eigenvalue weighted by molar-refractivity contribution is 5.05. The lowest BCUT2D eigenvalue weighted by atomic mass is 9.70. The Morgan fingerprint density at radius 1 is 1.58 bits per heavy atom. The SMILES string of the molecule is CC1CCCC(C(N)Cc2nccn2C)(N(C)C)C1. The highest BCUT2D eigenvalue weighted by Crippen LogP contribution is 2.38. The first kappa shape index (κ1) is 14.5. The molecule has 4 heteroatoms. The molecular weight excluding hydrogens is 236 g/mol. The van der Waals surface area contributed by atoms with Crippen LogP contribution in [0.4, 0.5) is 0 Å². The highest BCUT2D eigenvalue weighted by Gasteiger charge is 2.42. The van der Waals surface area contributed by atoms with Gasteiger partial charge in [0.25, 0.3) is 0 Å². The van der Waals surface area contributed by atoms with Crippen LogP contribution in [0.3, 0.4) is 0 Å². The van der Waals surface area contributed by atoms with E-state index in [-0.39, 0.29) is 11.6 Å². The summed E-state index contributed by atoms with van der Waals surface area (Å²) in [7, 11) is 6.40. The normalized spacial score (nSPS) is 29.7. The Balaban J connectivity index is 2.17. The summed E-state index contributed by atoms with van der Waals surface area (Å²) in [5, 5.41) is 0. The van der Waals surface area contributed by atoms with Gasteiger partial charge in [-0.3, -0.25) is 0 Å². The summed E-state index contributed by atoms with van der Waals surface area (Å²) in [6, 6.07) is 0.145. The van der Waals surface area contributed by atoms with Crippen LogP contribution in [0.5, 0.6) is 0 Å². The van der Waals surface area contributed by atoms with Crippen molar-refractivity contribution in [2.75, 3.05) is 14.1 Å². The number of nitrogens with two attached hydrogens (primary N) is 1. The number of aromatic nitrogens is 2. The summed E-state index contributed by atoms with van der Waals surface area (Å²) in [5.74, 6) is 1.86. The van der Waals surface area contributed by atoms with Gasteiger partial charge < -0.3 is 15.2 Å². The second-order valence-corrected chi connectivity index (χ2v) is 6.46. The van der Waals surface area contributed by atoms with E-state index in [0.29, 0.717) is 0 Å². The van der Waals surface area contributed by atoms with Gasteiger partial charge in [-0.15, -0.1) is 0 Å². The first-order chi connectivity index (χ1) is 8.95. The average molecular weight is 264 g/mol. The van der Waals surface area contributed by atoms with E-state index in [2.05, 4.69) is 35.5 Å². The van der Waals surface area contributed by atoms with Gasteiger partial charge in [-0.05, 0) is 32.9 Å². The molecular formula is C15H28N4. The molecule has 1 fully saturated rings. The molecule has 0 spiro atoms. The molecule has 19 heavy (non-hydrogen) atoms. The topological polar surface area (TPSA) is 47.1 Å². The third kappa shape index (κ3) is 2.84. The van der Waals surface area contributed by atoms with Gasteiger partial charge in [0, 0.05) is 37.4 Å². The summed E-state index contributed by atoms with van der Waals surface area (Å²) < 4.78 is 2.08. The predicted molar refractivity (Wildman–Crippen MR) is 78.9 cm³/mol. The maximum Gasteiger partial charge on any atom is 0.109 e. The van der Waals surface area contributed by atoms with Crippen LogP contribution in [-0.4, -0.2) is 40.1 Å². The Labute approximate surface area is 117 Å². The fraction of sp³-hybridized carbons (Fsp3) is 0.800. The van der Waals surface area contributed by atoms with Gasteiger partial charge >= 0.3 is 0 Å². The lowest BCUT2D eigenvalue weighted by molar-refractivity contribution is 0.0496. The third-order valence-corrected chi connectivity index (χ3v) is 4.91. The second-order valence-electron chi connectivity index (χ2n) is 6.46. The smallest absolute Gasteiger partial charge is 0.109 e. The molecule has 4 nitrogen and oxygen atoms in total. The van der Waals surface area contributed by atoms with Crippen LogP contribution in [0.25, 0.3) is 0 Å². The molecule has 2 rings (SSSR count). The zero-order chi connectivity index (χ0) is 14.0. The first-order valence-electron chi connectivity index (χ1n) is 7.35. The molecule has 2 N–H and O–H groups in total. The molecule has 108 valence electrons. The zero-order valence-corrected chi connectivity index (χ0v) is 12.8. The van der Waals surface area contributed by atoms with Gasteiger partial charge in [0.15, 0.2) is 0 Å². The minimum Gasteiger partial charge on any atom is -0.338 e. The molecule has 0 bridgehead atoms. The van der Waals surface area contributed by atoms with E-state index >= 15 is 0 Å². The van der Waals surface area contributed by atoms with Crippen LogP contribution in [0, 0.1) is 5.92 Å². The van der Waals surface area contributed by atoms with Gasteiger partial charge in [0.1, 0.15) is 5.82 Å². The Hall–Kier alpha value is -0.870. The zero-order valence-electron chi connectivity index (χ0n) is 12.8. The lowest BCUT2D eigenvalue weighted by Gasteiger charge is -2.49. The predicted octanol–water partition coefficient (Wildman–Crippen LogP) is 1.80. The molecule has 0 saturated heterocycles. The van der Waals surface area contributed by atoms with Crippen molar-refractivity contribution in [3.05, 3.63) is 18.2 Å². The fourth-order valence-corrected chi connectivity index (χ4v) is 3.62. The van der Waals surface area contributed by atoms with Crippen molar-refractivity contribution in [1.29, 1.82) is 0 Å². The molecule has 1 aliphatic rings. The summed E-state index contributed by atoms with van der Waals surface area (Å²) in [6.45, 7) is 2.35. The van der Waals surface area contributed by atoms with Crippen molar-refractivity contribution in [3.63, 3.8) is 0 Å². The maximum absolute atomic E-state index is 6.61. The van der Waals surface area contributed by atoms with Gasteiger partial charge in [-0.25, -0.2) is 4.98 Å². The van der Waals surface area contributed by atoms with Crippen molar-refractivity contribution in [2.45, 2.75) is 50.6 Å². The summed E-state index contributed by atoms with van der Waals surface area (Å²) in [6.07, 6.45) is 9.73. The average Bonchev–Trinajstić information content (AvgIpc) is 2.74. The fourth-order valence-electron chi connectivity index (χ4n) is 3.62. The standard InChI is InChI=1S/C15H28N4/c1-12-6-5-7-15(11-12,18(2)3)13(16)10-14-17-8-9-19(14)4/h8-9,12-13H,5-7,10-11,16H2,1-4H3. The van der Waals surface area contributed by atoms with E-state index < -0.39 is 0 Å². The molecule has 0 aliphatic heterocycles. The molecule has 1 aromatic heterocycles. The Kier molecular flexibility index (Phi) is 4.31. The van der Waals surface area contributed by atoms with Crippen molar-refractivity contribution >= 4 is 0 Å². The summed E-state index contributed by atoms with van der Waals surface area (Å²) >= 11 is 0. The summed E-state index contributed by atoms with van der Waals surface area (Å²) in [5.41, 5.74) is 6.74. The Morgan fingerprint density at radius 2 is 2.32 bits per heavy atom. The van der Waals surface area contributed by atoms with Gasteiger partial charge in [0.05, 0.1) is 0 Å². The molecule has 0 amide bonds. The van der Waals surface area contributed by atoms with E-state index in [4.69, 9.17) is 5.73 Å². The van der Waals surface area contributed by atoms with Crippen molar-refractivity contribution in [3.8, 4) is 0 Å². The largest absolute Gasteiger partial charge is 0.338 e. The van der Waals surface area contributed by atoms with E-state index in [1.807, 2.05) is 19.4 Å². The monoisotopic (exact) mass is 264 g/mol. The van der Waals surface area contributed by atoms with Crippen LogP contribution in [-0.2, 0) is 13.5 Å². The number of imidazole rings is 1. The minimum atomic E-state index is 0.129. The lowest BCUT2D eigenvalue weighted by Crippen LogP contribution is -2.60. The molecule has 0 radical (unpaired) electrons. The summed E-state index contributed by atoms with van der Waals surface area (Å²) in [4.78, 5) is 6.78. The number of nitrogens with zero attached hydrogens (tertiary/aromatic N) is 3. The van der Waals surface area contributed by atoms with Crippen molar-refractivity contribution in [1.82, 2.24) is 14.5 Å². The van der Waals surface area contributed by atoms with Crippen LogP contribution < -0.4 is 5.73 Å². The number of hydrogen-bond acceptors (Lipinski definition) is 3. The molecule has 1 aliphatic carbocycles. The molecule has 1 aromatic rings. The highest BCUT2D eigenvalue weighted by atomic mass is 15.2. The van der Waals surface area contributed by atoms with E-state index in [0.717, 1.165) is 18.2 Å². The van der Waals surface area contributed by atoms with Crippen molar-refractivity contribution in [2.24, 2.45) is 18.7 Å². The van der Waals surface area contributed by atoms with E-state index in [1.54, 1.807) is 0 Å². The number of aryl methyl sites for hydroxylation is 1. The van der Waals surface area contributed by atoms with Crippen LogP contribution >= 0.6 is 0 Å². The van der Waals surface area contributed by atoms with Crippen LogP contribution in [0.15, 0.2) is 12.4 Å².